The molecule has 3 rings (SSSR count). The summed E-state index contributed by atoms with van der Waals surface area (Å²) >= 11 is 13.4. The lowest BCUT2D eigenvalue weighted by Crippen LogP contribution is -2.16. The van der Waals surface area contributed by atoms with E-state index >= 15 is 0 Å². The third kappa shape index (κ3) is 3.79. The van der Waals surface area contributed by atoms with Crippen molar-refractivity contribution in [2.24, 2.45) is 5.10 Å². The van der Waals surface area contributed by atoms with Crippen molar-refractivity contribution in [2.75, 3.05) is 0 Å². The molecule has 0 unspecified atom stereocenters. The molecular formula is C16H9Cl2N3O3S. The van der Waals surface area contributed by atoms with E-state index in [9.17, 15) is 14.9 Å². The van der Waals surface area contributed by atoms with Gasteiger partial charge in [0.25, 0.3) is 11.6 Å². The zero-order valence-electron chi connectivity index (χ0n) is 12.4. The third-order valence-electron chi connectivity index (χ3n) is 3.26. The number of fused-ring (bicyclic) bond motifs is 1. The normalized spacial score (nSPS) is 11.1. The highest BCUT2D eigenvalue weighted by Crippen LogP contribution is 2.36. The van der Waals surface area contributed by atoms with Crippen LogP contribution in [-0.2, 0) is 0 Å². The van der Waals surface area contributed by atoms with Gasteiger partial charge in [0.2, 0.25) is 0 Å². The van der Waals surface area contributed by atoms with Crippen LogP contribution in [0.25, 0.3) is 10.1 Å². The van der Waals surface area contributed by atoms with Crippen LogP contribution in [0.1, 0.15) is 15.2 Å². The number of nitrogens with one attached hydrogen (secondary N) is 1. The highest BCUT2D eigenvalue weighted by atomic mass is 35.5. The summed E-state index contributed by atoms with van der Waals surface area (Å²) in [4.78, 5) is 22.8. The molecule has 0 aliphatic heterocycles. The Morgan fingerprint density at radius 2 is 2.04 bits per heavy atom. The maximum absolute atomic E-state index is 12.2. The molecule has 0 saturated carbocycles. The van der Waals surface area contributed by atoms with Gasteiger partial charge in [-0.1, -0.05) is 41.4 Å². The molecule has 0 aliphatic carbocycles. The van der Waals surface area contributed by atoms with Gasteiger partial charge in [-0.3, -0.25) is 14.9 Å². The molecule has 1 N–H and O–H groups in total. The van der Waals surface area contributed by atoms with E-state index in [0.29, 0.717) is 20.5 Å². The van der Waals surface area contributed by atoms with E-state index in [0.717, 1.165) is 10.1 Å². The average molecular weight is 394 g/mol. The van der Waals surface area contributed by atoms with E-state index in [1.54, 1.807) is 24.3 Å². The number of hydrogen-bond donors (Lipinski definition) is 1. The molecule has 0 aliphatic rings. The molecule has 6 nitrogen and oxygen atoms in total. The van der Waals surface area contributed by atoms with Crippen LogP contribution in [0.5, 0.6) is 0 Å². The van der Waals surface area contributed by atoms with Crippen molar-refractivity contribution in [1.29, 1.82) is 0 Å². The number of nitro benzene ring substituents is 1. The topological polar surface area (TPSA) is 84.6 Å². The minimum absolute atomic E-state index is 0.0558. The van der Waals surface area contributed by atoms with Gasteiger partial charge in [-0.15, -0.1) is 11.3 Å². The first kappa shape index (κ1) is 17.3. The van der Waals surface area contributed by atoms with E-state index in [4.69, 9.17) is 23.2 Å². The maximum Gasteiger partial charge on any atom is 0.283 e. The van der Waals surface area contributed by atoms with Crippen molar-refractivity contribution in [3.05, 3.63) is 73.1 Å². The lowest BCUT2D eigenvalue weighted by molar-refractivity contribution is -0.384. The molecule has 25 heavy (non-hydrogen) atoms. The number of non-ortho nitro benzene ring substituents is 1. The summed E-state index contributed by atoms with van der Waals surface area (Å²) in [5, 5.41) is 16.2. The monoisotopic (exact) mass is 393 g/mol. The van der Waals surface area contributed by atoms with Gasteiger partial charge in [0.05, 0.1) is 16.2 Å². The molecule has 1 aromatic heterocycles. The lowest BCUT2D eigenvalue weighted by atomic mass is 10.2. The molecular weight excluding hydrogens is 385 g/mol. The molecule has 9 heteroatoms. The molecule has 0 spiro atoms. The van der Waals surface area contributed by atoms with Crippen LogP contribution in [0.2, 0.25) is 10.0 Å². The SMILES string of the molecule is O=C(N/N=C/c1cccc([N+](=O)[O-])c1)c1sc2cc(Cl)ccc2c1Cl. The summed E-state index contributed by atoms with van der Waals surface area (Å²) in [7, 11) is 0. The second-order valence-corrected chi connectivity index (χ2v) is 6.80. The molecule has 1 heterocycles. The maximum atomic E-state index is 12.2. The van der Waals surface area contributed by atoms with Crippen LogP contribution in [0.4, 0.5) is 5.69 Å². The number of thiophene rings is 1. The van der Waals surface area contributed by atoms with Crippen molar-refractivity contribution in [1.82, 2.24) is 5.43 Å². The van der Waals surface area contributed by atoms with Gasteiger partial charge in [0, 0.05) is 32.8 Å². The van der Waals surface area contributed by atoms with Gasteiger partial charge < -0.3 is 0 Å². The number of rotatable bonds is 4. The number of nitro groups is 1. The quantitative estimate of drug-likeness (QED) is 0.389. The minimum Gasteiger partial charge on any atom is -0.266 e. The van der Waals surface area contributed by atoms with Crippen LogP contribution in [0.15, 0.2) is 47.6 Å². The summed E-state index contributed by atoms with van der Waals surface area (Å²) in [6, 6.07) is 11.1. The van der Waals surface area contributed by atoms with E-state index in [-0.39, 0.29) is 5.69 Å². The third-order valence-corrected chi connectivity index (χ3v) is 5.15. The first-order chi connectivity index (χ1) is 12.0. The summed E-state index contributed by atoms with van der Waals surface area (Å²) in [6.07, 6.45) is 1.32. The Kier molecular flexibility index (Phi) is 4.98. The Bertz CT molecular complexity index is 1020. The molecule has 0 bridgehead atoms. The van der Waals surface area contributed by atoms with Gasteiger partial charge in [-0.2, -0.15) is 5.10 Å². The van der Waals surface area contributed by atoms with Crippen LogP contribution >= 0.6 is 34.5 Å². The Balaban J connectivity index is 1.78. The van der Waals surface area contributed by atoms with E-state index < -0.39 is 10.8 Å². The number of hydrogen-bond acceptors (Lipinski definition) is 5. The standard InChI is InChI=1S/C16H9Cl2N3O3S/c17-10-4-5-12-13(7-10)25-15(14(12)18)16(22)20-19-8-9-2-1-3-11(6-9)21(23)24/h1-8H,(H,20,22)/b19-8+. The Morgan fingerprint density at radius 1 is 1.24 bits per heavy atom. The van der Waals surface area contributed by atoms with E-state index in [1.165, 1.54) is 35.8 Å². The zero-order chi connectivity index (χ0) is 18.0. The van der Waals surface area contributed by atoms with Crippen LogP contribution in [0, 0.1) is 10.1 Å². The van der Waals surface area contributed by atoms with Crippen LogP contribution < -0.4 is 5.43 Å². The van der Waals surface area contributed by atoms with Crippen molar-refractivity contribution < 1.29 is 9.72 Å². The fourth-order valence-corrected chi connectivity index (χ4v) is 3.80. The fraction of sp³-hybridized carbons (Fsp3) is 0. The Labute approximate surface area is 155 Å². The Hall–Kier alpha value is -2.48. The number of benzene rings is 2. The number of nitrogens with zero attached hydrogens (tertiary/aromatic N) is 2. The molecule has 126 valence electrons. The summed E-state index contributed by atoms with van der Waals surface area (Å²) in [5.74, 6) is -0.469. The lowest BCUT2D eigenvalue weighted by Gasteiger charge is -1.97. The molecule has 0 radical (unpaired) electrons. The first-order valence-corrected chi connectivity index (χ1v) is 8.48. The summed E-state index contributed by atoms with van der Waals surface area (Å²) in [6.45, 7) is 0. The summed E-state index contributed by atoms with van der Waals surface area (Å²) < 4.78 is 0.797. The van der Waals surface area contributed by atoms with Gasteiger partial charge in [-0.05, 0) is 12.1 Å². The first-order valence-electron chi connectivity index (χ1n) is 6.91. The van der Waals surface area contributed by atoms with Crippen molar-refractivity contribution in [3.8, 4) is 0 Å². The van der Waals surface area contributed by atoms with Crippen molar-refractivity contribution in [2.45, 2.75) is 0 Å². The van der Waals surface area contributed by atoms with Crippen LogP contribution in [-0.4, -0.2) is 17.0 Å². The molecule has 3 aromatic rings. The largest absolute Gasteiger partial charge is 0.283 e. The molecule has 0 atom stereocenters. The zero-order valence-corrected chi connectivity index (χ0v) is 14.7. The van der Waals surface area contributed by atoms with E-state index in [2.05, 4.69) is 10.5 Å². The number of amides is 1. The van der Waals surface area contributed by atoms with Crippen LogP contribution in [0.3, 0.4) is 0 Å². The van der Waals surface area contributed by atoms with Gasteiger partial charge in [-0.25, -0.2) is 5.43 Å². The van der Waals surface area contributed by atoms with E-state index in [1.807, 2.05) is 0 Å². The van der Waals surface area contributed by atoms with Crippen molar-refractivity contribution in [3.63, 3.8) is 0 Å². The number of halogens is 2. The highest BCUT2D eigenvalue weighted by molar-refractivity contribution is 7.21. The van der Waals surface area contributed by atoms with Gasteiger partial charge in [0.15, 0.2) is 0 Å². The summed E-state index contributed by atoms with van der Waals surface area (Å²) in [5.41, 5.74) is 2.80. The van der Waals surface area contributed by atoms with Gasteiger partial charge >= 0.3 is 0 Å². The minimum atomic E-state index is -0.502. The number of hydrazone groups is 1. The molecule has 0 saturated heterocycles. The fourth-order valence-electron chi connectivity index (χ4n) is 2.12. The van der Waals surface area contributed by atoms with Crippen molar-refractivity contribution >= 4 is 62.4 Å². The average Bonchev–Trinajstić information content (AvgIpc) is 2.91. The molecule has 1 amide bonds. The molecule has 2 aromatic carbocycles. The predicted molar refractivity (Wildman–Crippen MR) is 100 cm³/mol. The number of carbonyl (C=O) groups is 1. The highest BCUT2D eigenvalue weighted by Gasteiger charge is 2.17. The second kappa shape index (κ2) is 7.18. The Morgan fingerprint density at radius 3 is 2.80 bits per heavy atom. The second-order valence-electron chi connectivity index (χ2n) is 4.94. The number of carbonyl (C=O) groups excluding carboxylic acids is 1. The van der Waals surface area contributed by atoms with Gasteiger partial charge in [0.1, 0.15) is 4.88 Å². The smallest absolute Gasteiger partial charge is 0.266 e. The molecule has 0 fully saturated rings. The predicted octanol–water partition coefficient (Wildman–Crippen LogP) is 4.88.